The fraction of sp³-hybridized carbons (Fsp3) is 0.542. The number of aryl methyl sites for hydroxylation is 1. The van der Waals surface area contributed by atoms with Crippen molar-refractivity contribution in [3.8, 4) is 5.75 Å². The molecule has 172 valence electrons. The topological polar surface area (TPSA) is 79.4 Å². The van der Waals surface area contributed by atoms with Gasteiger partial charge in [-0.25, -0.2) is 9.48 Å². The lowest BCUT2D eigenvalue weighted by Gasteiger charge is -2.32. The molecule has 8 heteroatoms. The lowest BCUT2D eigenvalue weighted by Crippen LogP contribution is -2.32. The third-order valence-corrected chi connectivity index (χ3v) is 6.30. The van der Waals surface area contributed by atoms with E-state index in [0.29, 0.717) is 18.7 Å². The average molecular weight is 504 g/mol. The van der Waals surface area contributed by atoms with Crippen molar-refractivity contribution in [2.75, 3.05) is 11.9 Å². The van der Waals surface area contributed by atoms with Crippen LogP contribution in [0.15, 0.2) is 33.6 Å². The SMILES string of the molecule is CC1(C)CCc2cc3c(Cn4cc(COCCCCCCBr)nn4)cc(=O)oc3cc2O1. The number of ether oxygens (including phenoxy) is 2. The Balaban J connectivity index is 1.44. The molecule has 3 heterocycles. The molecule has 1 aliphatic heterocycles. The highest BCUT2D eigenvalue weighted by molar-refractivity contribution is 9.09. The van der Waals surface area contributed by atoms with Gasteiger partial charge in [-0.05, 0) is 56.7 Å². The first-order chi connectivity index (χ1) is 15.4. The van der Waals surface area contributed by atoms with Gasteiger partial charge in [-0.1, -0.05) is 34.0 Å². The van der Waals surface area contributed by atoms with Crippen LogP contribution < -0.4 is 10.4 Å². The quantitative estimate of drug-likeness (QED) is 0.220. The third-order valence-electron chi connectivity index (χ3n) is 5.73. The number of hydrogen-bond donors (Lipinski definition) is 0. The van der Waals surface area contributed by atoms with Crippen LogP contribution in [0.1, 0.15) is 62.8 Å². The Bertz CT molecular complexity index is 1120. The van der Waals surface area contributed by atoms with Crippen LogP contribution in [0.2, 0.25) is 0 Å². The molecule has 0 aliphatic carbocycles. The summed E-state index contributed by atoms with van der Waals surface area (Å²) in [5.41, 5.74) is 2.71. The smallest absolute Gasteiger partial charge is 0.336 e. The maximum atomic E-state index is 12.2. The first kappa shape index (κ1) is 23.0. The monoisotopic (exact) mass is 503 g/mol. The maximum absolute atomic E-state index is 12.2. The Morgan fingerprint density at radius 2 is 2.03 bits per heavy atom. The van der Waals surface area contributed by atoms with Gasteiger partial charge in [0.05, 0.1) is 19.3 Å². The van der Waals surface area contributed by atoms with Gasteiger partial charge in [-0.2, -0.15) is 0 Å². The summed E-state index contributed by atoms with van der Waals surface area (Å²) in [7, 11) is 0. The van der Waals surface area contributed by atoms with Crippen LogP contribution in [0.3, 0.4) is 0 Å². The van der Waals surface area contributed by atoms with Crippen LogP contribution in [-0.2, 0) is 24.3 Å². The molecule has 7 nitrogen and oxygen atoms in total. The zero-order chi connectivity index (χ0) is 22.6. The molecular formula is C24H30BrN3O4. The van der Waals surface area contributed by atoms with Crippen LogP contribution in [0, 0.1) is 0 Å². The van der Waals surface area contributed by atoms with E-state index in [2.05, 4.69) is 46.2 Å². The fourth-order valence-electron chi connectivity index (χ4n) is 3.99. The van der Waals surface area contributed by atoms with Crippen molar-refractivity contribution in [2.24, 2.45) is 0 Å². The van der Waals surface area contributed by atoms with E-state index < -0.39 is 0 Å². The van der Waals surface area contributed by atoms with Crippen molar-refractivity contribution < 1.29 is 13.9 Å². The molecule has 0 saturated carbocycles. The summed E-state index contributed by atoms with van der Waals surface area (Å²) in [5, 5.41) is 10.4. The molecule has 1 aliphatic rings. The summed E-state index contributed by atoms with van der Waals surface area (Å²) in [6.07, 6.45) is 8.39. The van der Waals surface area contributed by atoms with Crippen LogP contribution in [0.5, 0.6) is 5.75 Å². The summed E-state index contributed by atoms with van der Waals surface area (Å²) < 4.78 is 19.0. The van der Waals surface area contributed by atoms with E-state index in [9.17, 15) is 4.79 Å². The Morgan fingerprint density at radius 1 is 1.19 bits per heavy atom. The largest absolute Gasteiger partial charge is 0.487 e. The minimum atomic E-state index is -0.383. The van der Waals surface area contributed by atoms with E-state index in [0.717, 1.165) is 59.2 Å². The number of fused-ring (bicyclic) bond motifs is 2. The van der Waals surface area contributed by atoms with Gasteiger partial charge in [0.15, 0.2) is 0 Å². The van der Waals surface area contributed by atoms with Gasteiger partial charge >= 0.3 is 5.63 Å². The van der Waals surface area contributed by atoms with Crippen LogP contribution >= 0.6 is 15.9 Å². The second kappa shape index (κ2) is 10.2. The second-order valence-corrected chi connectivity index (χ2v) is 9.76. The molecule has 4 rings (SSSR count). The summed E-state index contributed by atoms with van der Waals surface area (Å²) >= 11 is 3.45. The number of nitrogens with zero attached hydrogens (tertiary/aromatic N) is 3. The van der Waals surface area contributed by atoms with E-state index in [1.54, 1.807) is 4.68 Å². The molecule has 0 fully saturated rings. The Hall–Kier alpha value is -2.19. The molecule has 0 N–H and O–H groups in total. The Morgan fingerprint density at radius 3 is 2.88 bits per heavy atom. The van der Waals surface area contributed by atoms with Crippen LogP contribution in [0.25, 0.3) is 11.0 Å². The highest BCUT2D eigenvalue weighted by Gasteiger charge is 2.27. The summed E-state index contributed by atoms with van der Waals surface area (Å²) in [6.45, 7) is 5.75. The van der Waals surface area contributed by atoms with Gasteiger partial charge < -0.3 is 13.9 Å². The van der Waals surface area contributed by atoms with Gasteiger partial charge in [-0.15, -0.1) is 5.10 Å². The van der Waals surface area contributed by atoms with Gasteiger partial charge in [0.1, 0.15) is 22.6 Å². The molecule has 0 unspecified atom stereocenters. The third kappa shape index (κ3) is 5.78. The van der Waals surface area contributed by atoms with Crippen molar-refractivity contribution in [3.63, 3.8) is 0 Å². The van der Waals surface area contributed by atoms with Gasteiger partial charge in [0.25, 0.3) is 0 Å². The molecule has 0 amide bonds. The molecule has 0 bridgehead atoms. The van der Waals surface area contributed by atoms with Crippen LogP contribution in [0.4, 0.5) is 0 Å². The predicted molar refractivity (Wildman–Crippen MR) is 127 cm³/mol. The minimum Gasteiger partial charge on any atom is -0.487 e. The van der Waals surface area contributed by atoms with Crippen LogP contribution in [-0.4, -0.2) is 32.5 Å². The van der Waals surface area contributed by atoms with Crippen molar-refractivity contribution in [3.05, 3.63) is 51.6 Å². The molecule has 2 aromatic heterocycles. The number of aromatic nitrogens is 3. The minimum absolute atomic E-state index is 0.217. The molecule has 0 spiro atoms. The van der Waals surface area contributed by atoms with Crippen molar-refractivity contribution >= 4 is 26.9 Å². The van der Waals surface area contributed by atoms with Crippen molar-refractivity contribution in [2.45, 2.75) is 71.1 Å². The standard InChI is InChI=1S/C24H30BrN3O4/c1-24(2)8-7-17-11-20-18(12-23(29)31-22(20)13-21(17)32-24)14-28-15-19(26-27-28)16-30-10-6-4-3-5-9-25/h11-13,15H,3-10,14,16H2,1-2H3. The highest BCUT2D eigenvalue weighted by Crippen LogP contribution is 2.36. The van der Waals surface area contributed by atoms with E-state index >= 15 is 0 Å². The summed E-state index contributed by atoms with van der Waals surface area (Å²) in [4.78, 5) is 12.2. The molecule has 0 atom stereocenters. The number of halogens is 1. The van der Waals surface area contributed by atoms with E-state index in [1.165, 1.54) is 25.3 Å². The molecule has 0 saturated heterocycles. The molecular weight excluding hydrogens is 474 g/mol. The number of alkyl halides is 1. The molecule has 0 radical (unpaired) electrons. The maximum Gasteiger partial charge on any atom is 0.336 e. The summed E-state index contributed by atoms with van der Waals surface area (Å²) in [6, 6.07) is 5.46. The Kier molecular flexibility index (Phi) is 7.30. The highest BCUT2D eigenvalue weighted by atomic mass is 79.9. The Labute approximate surface area is 196 Å². The lowest BCUT2D eigenvalue weighted by atomic mass is 9.93. The first-order valence-corrected chi connectivity index (χ1v) is 12.4. The molecule has 3 aromatic rings. The molecule has 32 heavy (non-hydrogen) atoms. The number of unbranched alkanes of at least 4 members (excludes halogenated alkanes) is 3. The fourth-order valence-corrected chi connectivity index (χ4v) is 4.39. The number of benzene rings is 1. The van der Waals surface area contributed by atoms with Gasteiger partial charge in [0, 0.05) is 29.5 Å². The van der Waals surface area contributed by atoms with Crippen molar-refractivity contribution in [1.29, 1.82) is 0 Å². The number of rotatable bonds is 10. The molecule has 1 aromatic carbocycles. The second-order valence-electron chi connectivity index (χ2n) is 8.97. The normalized spacial score (nSPS) is 15.0. The van der Waals surface area contributed by atoms with Gasteiger partial charge in [0.2, 0.25) is 0 Å². The lowest BCUT2D eigenvalue weighted by molar-refractivity contribution is 0.0848. The zero-order valence-corrected chi connectivity index (χ0v) is 20.3. The summed E-state index contributed by atoms with van der Waals surface area (Å²) in [5.74, 6) is 0.793. The zero-order valence-electron chi connectivity index (χ0n) is 18.7. The van der Waals surface area contributed by atoms with E-state index in [-0.39, 0.29) is 11.2 Å². The first-order valence-electron chi connectivity index (χ1n) is 11.2. The average Bonchev–Trinajstić information content (AvgIpc) is 3.18. The van der Waals surface area contributed by atoms with Crippen molar-refractivity contribution in [1.82, 2.24) is 15.0 Å². The number of hydrogen-bond acceptors (Lipinski definition) is 6. The van der Waals surface area contributed by atoms with Gasteiger partial charge in [-0.3, -0.25) is 0 Å². The predicted octanol–water partition coefficient (Wildman–Crippen LogP) is 5.01. The van der Waals surface area contributed by atoms with E-state index in [4.69, 9.17) is 13.9 Å². The van der Waals surface area contributed by atoms with E-state index in [1.807, 2.05) is 12.3 Å².